The van der Waals surface area contributed by atoms with E-state index in [0.29, 0.717) is 0 Å². The number of thiazole rings is 1. The number of benzene rings is 2. The summed E-state index contributed by atoms with van der Waals surface area (Å²) in [6, 6.07) is 18.0. The Balaban J connectivity index is 1.67. The summed E-state index contributed by atoms with van der Waals surface area (Å²) in [6.07, 6.45) is 2.20. The second kappa shape index (κ2) is 12.9. The van der Waals surface area contributed by atoms with Gasteiger partial charge in [-0.25, -0.2) is 9.78 Å². The van der Waals surface area contributed by atoms with Gasteiger partial charge in [0.1, 0.15) is 11.6 Å². The maximum absolute atomic E-state index is 12.6. The Morgan fingerprint density at radius 2 is 1.85 bits per heavy atom. The molecule has 0 radical (unpaired) electrons. The summed E-state index contributed by atoms with van der Waals surface area (Å²) in [4.78, 5) is 17.4. The number of aromatic nitrogens is 1. The average molecular weight is 499 g/mol. The van der Waals surface area contributed by atoms with Gasteiger partial charge in [-0.1, -0.05) is 75.4 Å². The van der Waals surface area contributed by atoms with Gasteiger partial charge in [0.2, 0.25) is 0 Å². The van der Waals surface area contributed by atoms with Gasteiger partial charge in [-0.05, 0) is 35.8 Å². The zero-order valence-corrected chi connectivity index (χ0v) is 21.7. The van der Waals surface area contributed by atoms with E-state index in [1.165, 1.54) is 5.56 Å². The van der Waals surface area contributed by atoms with Gasteiger partial charge in [0, 0.05) is 29.6 Å². The Hall–Kier alpha value is -2.39. The molecule has 0 saturated heterocycles. The number of hydrogen-bond donors (Lipinski definition) is 3. The molecule has 0 saturated carbocycles. The normalized spacial score (nSPS) is 12.4. The van der Waals surface area contributed by atoms with Crippen LogP contribution in [0, 0.1) is 0 Å². The molecule has 1 atom stereocenters. The predicted octanol–water partition coefficient (Wildman–Crippen LogP) is 6.36. The summed E-state index contributed by atoms with van der Waals surface area (Å²) >= 11 is 2.72. The fourth-order valence-corrected chi connectivity index (χ4v) is 4.64. The molecule has 0 bridgehead atoms. The SMILES string of the molecule is CC(C)(C)c1ccc(-c2nc(C(CCCCNSN)NC(=O)OCc3ccccc3)cs2)cc1. The molecule has 8 heteroatoms. The van der Waals surface area contributed by atoms with E-state index < -0.39 is 6.09 Å². The summed E-state index contributed by atoms with van der Waals surface area (Å²) in [5.41, 5.74) is 4.29. The number of rotatable bonds is 11. The maximum Gasteiger partial charge on any atom is 0.408 e. The molecular formula is C26H34N4O2S2. The fraction of sp³-hybridized carbons (Fsp3) is 0.385. The molecule has 34 heavy (non-hydrogen) atoms. The van der Waals surface area contributed by atoms with E-state index in [0.717, 1.165) is 59.8 Å². The molecule has 6 nitrogen and oxygen atoms in total. The number of nitrogens with two attached hydrogens (primary N) is 1. The molecular weight excluding hydrogens is 464 g/mol. The third kappa shape index (κ3) is 8.13. The molecule has 0 aliphatic carbocycles. The Morgan fingerprint density at radius 1 is 1.12 bits per heavy atom. The molecule has 0 aliphatic heterocycles. The van der Waals surface area contributed by atoms with Crippen LogP contribution in [0.25, 0.3) is 10.6 Å². The zero-order valence-electron chi connectivity index (χ0n) is 20.0. The van der Waals surface area contributed by atoms with Crippen LogP contribution in [0.2, 0.25) is 0 Å². The van der Waals surface area contributed by atoms with E-state index >= 15 is 0 Å². The second-order valence-electron chi connectivity index (χ2n) is 9.17. The van der Waals surface area contributed by atoms with Crippen molar-refractivity contribution in [1.29, 1.82) is 0 Å². The molecule has 1 heterocycles. The number of nitrogens with one attached hydrogen (secondary N) is 2. The van der Waals surface area contributed by atoms with Gasteiger partial charge in [-0.2, -0.15) is 0 Å². The van der Waals surface area contributed by atoms with E-state index in [9.17, 15) is 4.79 Å². The summed E-state index contributed by atoms with van der Waals surface area (Å²) < 4.78 is 8.51. The van der Waals surface area contributed by atoms with Gasteiger partial charge < -0.3 is 10.1 Å². The predicted molar refractivity (Wildman–Crippen MR) is 142 cm³/mol. The van der Waals surface area contributed by atoms with Crippen LogP contribution in [-0.2, 0) is 16.8 Å². The van der Waals surface area contributed by atoms with Crippen molar-refractivity contribution in [2.75, 3.05) is 6.54 Å². The molecule has 0 spiro atoms. The minimum absolute atomic E-state index is 0.110. The van der Waals surface area contributed by atoms with Gasteiger partial charge in [0.25, 0.3) is 0 Å². The van der Waals surface area contributed by atoms with Crippen molar-refractivity contribution >= 4 is 29.6 Å². The Morgan fingerprint density at radius 3 is 2.53 bits per heavy atom. The van der Waals surface area contributed by atoms with Crippen molar-refractivity contribution in [2.45, 2.75) is 58.1 Å². The van der Waals surface area contributed by atoms with E-state index in [1.807, 2.05) is 35.7 Å². The molecule has 4 N–H and O–H groups in total. The second-order valence-corrected chi connectivity index (χ2v) is 10.6. The lowest BCUT2D eigenvalue weighted by molar-refractivity contribution is 0.134. The number of hydrogen-bond acceptors (Lipinski definition) is 7. The minimum atomic E-state index is -0.437. The van der Waals surface area contributed by atoms with Gasteiger partial charge in [0.15, 0.2) is 0 Å². The molecule has 0 aliphatic rings. The van der Waals surface area contributed by atoms with Crippen LogP contribution in [0.4, 0.5) is 4.79 Å². The highest BCUT2D eigenvalue weighted by molar-refractivity contribution is 7.95. The molecule has 1 unspecified atom stereocenters. The number of amides is 1. The van der Waals surface area contributed by atoms with Gasteiger partial charge >= 0.3 is 6.09 Å². The van der Waals surface area contributed by atoms with Crippen molar-refractivity contribution in [1.82, 2.24) is 15.0 Å². The molecule has 2 aromatic carbocycles. The van der Waals surface area contributed by atoms with Crippen LogP contribution in [-0.4, -0.2) is 17.6 Å². The first-order valence-electron chi connectivity index (χ1n) is 11.5. The fourth-order valence-electron chi connectivity index (χ4n) is 3.50. The van der Waals surface area contributed by atoms with Crippen LogP contribution < -0.4 is 15.2 Å². The van der Waals surface area contributed by atoms with Crippen LogP contribution >= 0.6 is 23.5 Å². The van der Waals surface area contributed by atoms with Crippen LogP contribution in [0.15, 0.2) is 60.0 Å². The molecule has 1 aromatic heterocycles. The topological polar surface area (TPSA) is 89.3 Å². The number of unbranched alkanes of at least 4 members (excludes halogenated alkanes) is 1. The van der Waals surface area contributed by atoms with Crippen molar-refractivity contribution < 1.29 is 9.53 Å². The highest BCUT2D eigenvalue weighted by atomic mass is 32.2. The van der Waals surface area contributed by atoms with Crippen molar-refractivity contribution in [3.63, 3.8) is 0 Å². The Labute approximate surface area is 211 Å². The number of alkyl carbamates (subject to hydrolysis) is 1. The molecule has 1 amide bonds. The monoisotopic (exact) mass is 498 g/mol. The summed E-state index contributed by atoms with van der Waals surface area (Å²) in [7, 11) is 0. The first-order valence-corrected chi connectivity index (χ1v) is 13.2. The average Bonchev–Trinajstić information content (AvgIpc) is 3.32. The third-order valence-electron chi connectivity index (χ3n) is 5.49. The standard InChI is InChI=1S/C26H34N4O2S2/c1-26(2,3)21-14-12-20(13-15-21)24-29-23(18-33-24)22(11-7-8-16-28-34-27)30-25(31)32-17-19-9-5-4-6-10-19/h4-6,9-10,12-15,18,22,28H,7-8,11,16-17,27H2,1-3H3,(H,30,31). The number of ether oxygens (including phenoxy) is 1. The Bertz CT molecular complexity index is 1020. The van der Waals surface area contributed by atoms with Gasteiger partial charge in [-0.3, -0.25) is 9.86 Å². The molecule has 3 aromatic rings. The quantitative estimate of drug-likeness (QED) is 0.211. The highest BCUT2D eigenvalue weighted by Gasteiger charge is 2.20. The van der Waals surface area contributed by atoms with E-state index in [2.05, 4.69) is 55.1 Å². The Kier molecular flexibility index (Phi) is 9.95. The van der Waals surface area contributed by atoms with Crippen LogP contribution in [0.3, 0.4) is 0 Å². The zero-order chi connectivity index (χ0) is 24.4. The maximum atomic E-state index is 12.6. The summed E-state index contributed by atoms with van der Waals surface area (Å²) in [6.45, 7) is 7.67. The lowest BCUT2D eigenvalue weighted by Gasteiger charge is -2.19. The van der Waals surface area contributed by atoms with Crippen LogP contribution in [0.1, 0.15) is 62.9 Å². The van der Waals surface area contributed by atoms with E-state index in [-0.39, 0.29) is 18.1 Å². The van der Waals surface area contributed by atoms with E-state index in [4.69, 9.17) is 14.9 Å². The van der Waals surface area contributed by atoms with Gasteiger partial charge in [0.05, 0.1) is 11.7 Å². The van der Waals surface area contributed by atoms with Crippen molar-refractivity contribution in [3.05, 3.63) is 76.8 Å². The lowest BCUT2D eigenvalue weighted by atomic mass is 9.87. The molecule has 3 rings (SSSR count). The third-order valence-corrected chi connectivity index (χ3v) is 6.77. The summed E-state index contributed by atoms with van der Waals surface area (Å²) in [5.74, 6) is 0. The first kappa shape index (κ1) is 26.2. The van der Waals surface area contributed by atoms with Crippen LogP contribution in [0.5, 0.6) is 0 Å². The highest BCUT2D eigenvalue weighted by Crippen LogP contribution is 2.30. The number of nitrogens with zero attached hydrogens (tertiary/aromatic N) is 1. The van der Waals surface area contributed by atoms with Crippen molar-refractivity contribution in [2.24, 2.45) is 5.14 Å². The minimum Gasteiger partial charge on any atom is -0.445 e. The number of carbonyl (C=O) groups is 1. The number of carbonyl (C=O) groups excluding carboxylic acids is 1. The van der Waals surface area contributed by atoms with Crippen molar-refractivity contribution in [3.8, 4) is 10.6 Å². The first-order chi connectivity index (χ1) is 16.4. The van der Waals surface area contributed by atoms with E-state index in [1.54, 1.807) is 11.3 Å². The largest absolute Gasteiger partial charge is 0.445 e. The molecule has 0 fully saturated rings. The summed E-state index contributed by atoms with van der Waals surface area (Å²) in [5, 5.41) is 11.4. The molecule has 182 valence electrons. The smallest absolute Gasteiger partial charge is 0.408 e. The van der Waals surface area contributed by atoms with Gasteiger partial charge in [-0.15, -0.1) is 11.3 Å². The lowest BCUT2D eigenvalue weighted by Crippen LogP contribution is -2.29.